The van der Waals surface area contributed by atoms with E-state index in [1.54, 1.807) is 16.9 Å². The van der Waals surface area contributed by atoms with Crippen LogP contribution in [0.3, 0.4) is 0 Å². The van der Waals surface area contributed by atoms with Gasteiger partial charge in [-0.05, 0) is 38.1 Å². The Morgan fingerprint density at radius 2 is 1.75 bits per heavy atom. The topological polar surface area (TPSA) is 80.0 Å². The highest BCUT2D eigenvalue weighted by molar-refractivity contribution is 5.80. The summed E-state index contributed by atoms with van der Waals surface area (Å²) < 4.78 is 3.72. The van der Waals surface area contributed by atoms with Gasteiger partial charge in [0.1, 0.15) is 5.65 Å². The molecule has 0 radical (unpaired) electrons. The van der Waals surface area contributed by atoms with Crippen molar-refractivity contribution in [2.45, 2.75) is 38.1 Å². The number of hydrogen-bond donors (Lipinski definition) is 1. The van der Waals surface area contributed by atoms with Crippen LogP contribution in [-0.2, 0) is 0 Å². The molecule has 1 aliphatic heterocycles. The Kier molecular flexibility index (Phi) is 6.05. The number of piperazine rings is 1. The lowest BCUT2D eigenvalue weighted by molar-refractivity contribution is 0.0913. The van der Waals surface area contributed by atoms with Crippen LogP contribution in [0, 0.1) is 0 Å². The van der Waals surface area contributed by atoms with Crippen LogP contribution in [0.25, 0.3) is 22.3 Å². The van der Waals surface area contributed by atoms with E-state index in [2.05, 4.69) is 31.9 Å². The maximum absolute atomic E-state index is 5.58. The van der Waals surface area contributed by atoms with Gasteiger partial charge in [-0.1, -0.05) is 19.3 Å². The number of anilines is 1. The van der Waals surface area contributed by atoms with Gasteiger partial charge in [-0.15, -0.1) is 5.10 Å². The summed E-state index contributed by atoms with van der Waals surface area (Å²) in [5.74, 6) is 0.264. The quantitative estimate of drug-likeness (QED) is 0.524. The number of likely N-dealkylation sites (N-methyl/N-ethyl adjacent to an activating group) is 1. The second-order valence-electron chi connectivity index (χ2n) is 8.92. The van der Waals surface area contributed by atoms with Gasteiger partial charge in [0.2, 0.25) is 5.95 Å². The maximum Gasteiger partial charge on any atom is 0.238 e. The summed E-state index contributed by atoms with van der Waals surface area (Å²) in [6.07, 6.45) is 16.7. The van der Waals surface area contributed by atoms with Gasteiger partial charge in [-0.3, -0.25) is 4.90 Å². The van der Waals surface area contributed by atoms with Crippen molar-refractivity contribution in [1.29, 1.82) is 0 Å². The fraction of sp³-hybridized carbons (Fsp3) is 0.458. The smallest absolute Gasteiger partial charge is 0.238 e. The number of fused-ring (bicyclic) bond motifs is 2. The zero-order valence-electron chi connectivity index (χ0n) is 18.8. The summed E-state index contributed by atoms with van der Waals surface area (Å²) in [7, 11) is 2.23. The number of nitrogens with two attached hydrogens (primary N) is 1. The first-order valence-electron chi connectivity index (χ1n) is 11.6. The molecule has 4 aromatic rings. The summed E-state index contributed by atoms with van der Waals surface area (Å²) in [6.45, 7) is 5.16. The molecule has 4 aromatic heterocycles. The summed E-state index contributed by atoms with van der Waals surface area (Å²) in [5.41, 5.74) is 9.58. The number of nitrogens with zero attached hydrogens (tertiary/aromatic N) is 7. The molecule has 168 valence electrons. The van der Waals surface area contributed by atoms with Crippen LogP contribution in [0.2, 0.25) is 0 Å². The third-order valence-corrected chi connectivity index (χ3v) is 6.76. The second kappa shape index (κ2) is 9.26. The molecule has 0 aromatic carbocycles. The second-order valence-corrected chi connectivity index (χ2v) is 8.92. The van der Waals surface area contributed by atoms with Crippen LogP contribution in [0.1, 0.15) is 32.1 Å². The number of pyridine rings is 1. The first kappa shape index (κ1) is 20.9. The molecule has 0 spiro atoms. The van der Waals surface area contributed by atoms with Gasteiger partial charge < -0.3 is 15.0 Å². The molecule has 6 rings (SSSR count). The Hall–Kier alpha value is -2.97. The molecule has 8 nitrogen and oxygen atoms in total. The van der Waals surface area contributed by atoms with Crippen LogP contribution < -0.4 is 5.73 Å². The molecule has 1 saturated carbocycles. The largest absolute Gasteiger partial charge is 0.367 e. The third-order valence-electron chi connectivity index (χ3n) is 6.76. The normalized spacial score (nSPS) is 18.7. The SMILES string of the molecule is CN1CCN(C2CCCCC2)CC1.Nc1ncc2c(-c3ccc4nccn4c3)ccn2n1. The lowest BCUT2D eigenvalue weighted by atomic mass is 9.94. The minimum absolute atomic E-state index is 0.264. The molecule has 0 amide bonds. The van der Waals surface area contributed by atoms with E-state index in [4.69, 9.17) is 5.73 Å². The van der Waals surface area contributed by atoms with Gasteiger partial charge >= 0.3 is 0 Å². The molecular weight excluding hydrogens is 400 g/mol. The molecule has 2 aliphatic rings. The van der Waals surface area contributed by atoms with E-state index in [0.29, 0.717) is 0 Å². The van der Waals surface area contributed by atoms with Crippen LogP contribution in [0.15, 0.2) is 49.2 Å². The Bertz CT molecular complexity index is 1170. The van der Waals surface area contributed by atoms with Crippen molar-refractivity contribution in [2.75, 3.05) is 39.0 Å². The zero-order chi connectivity index (χ0) is 21.9. The van der Waals surface area contributed by atoms with Crippen LogP contribution >= 0.6 is 0 Å². The Morgan fingerprint density at radius 1 is 0.938 bits per heavy atom. The van der Waals surface area contributed by atoms with Crippen LogP contribution in [-0.4, -0.2) is 73.1 Å². The monoisotopic (exact) mass is 432 g/mol. The van der Waals surface area contributed by atoms with Crippen molar-refractivity contribution in [2.24, 2.45) is 0 Å². The van der Waals surface area contributed by atoms with E-state index < -0.39 is 0 Å². The molecule has 2 fully saturated rings. The number of rotatable bonds is 2. The molecule has 1 saturated heterocycles. The van der Waals surface area contributed by atoms with Crippen LogP contribution in [0.5, 0.6) is 0 Å². The maximum atomic E-state index is 5.58. The molecule has 0 unspecified atom stereocenters. The van der Waals surface area contributed by atoms with Gasteiger partial charge in [0, 0.05) is 68.1 Å². The average molecular weight is 433 g/mol. The Balaban J connectivity index is 0.000000146. The highest BCUT2D eigenvalue weighted by Gasteiger charge is 2.23. The van der Waals surface area contributed by atoms with E-state index in [1.807, 2.05) is 41.2 Å². The van der Waals surface area contributed by atoms with Gasteiger partial charge in [-0.25, -0.2) is 14.5 Å². The lowest BCUT2D eigenvalue weighted by Gasteiger charge is -2.39. The van der Waals surface area contributed by atoms with Crippen molar-refractivity contribution >= 4 is 17.1 Å². The predicted octanol–water partition coefficient (Wildman–Crippen LogP) is 3.19. The fourth-order valence-electron chi connectivity index (χ4n) is 4.87. The van der Waals surface area contributed by atoms with E-state index in [9.17, 15) is 0 Å². The van der Waals surface area contributed by atoms with Crippen molar-refractivity contribution < 1.29 is 0 Å². The van der Waals surface area contributed by atoms with E-state index in [-0.39, 0.29) is 5.95 Å². The summed E-state index contributed by atoms with van der Waals surface area (Å²) in [4.78, 5) is 13.4. The number of imidazole rings is 1. The highest BCUT2D eigenvalue weighted by atomic mass is 15.3. The van der Waals surface area contributed by atoms with Crippen molar-refractivity contribution in [3.8, 4) is 11.1 Å². The number of aromatic nitrogens is 5. The number of nitrogen functional groups attached to an aromatic ring is 1. The first-order valence-corrected chi connectivity index (χ1v) is 11.6. The van der Waals surface area contributed by atoms with Crippen molar-refractivity contribution in [1.82, 2.24) is 33.8 Å². The minimum Gasteiger partial charge on any atom is -0.367 e. The van der Waals surface area contributed by atoms with Gasteiger partial charge in [0.15, 0.2) is 0 Å². The van der Waals surface area contributed by atoms with Gasteiger partial charge in [0.05, 0.1) is 11.7 Å². The average Bonchev–Trinajstić information content (AvgIpc) is 3.46. The summed E-state index contributed by atoms with van der Waals surface area (Å²) in [5, 5.41) is 4.14. The summed E-state index contributed by atoms with van der Waals surface area (Å²) in [6, 6.07) is 6.95. The molecule has 0 atom stereocenters. The molecule has 5 heterocycles. The van der Waals surface area contributed by atoms with E-state index in [0.717, 1.165) is 28.3 Å². The standard InChI is InChI=1S/C13H10N6.C11H22N2/c14-13-16-7-11-10(3-5-19(11)17-13)9-1-2-12-15-4-6-18(12)8-9;1-12-7-9-13(10-8-12)11-5-3-2-4-6-11/h1-8H,(H2,14,17);11H,2-10H2,1H3. The highest BCUT2D eigenvalue weighted by Crippen LogP contribution is 2.25. The van der Waals surface area contributed by atoms with Crippen molar-refractivity contribution in [3.05, 3.63) is 49.2 Å². The lowest BCUT2D eigenvalue weighted by Crippen LogP contribution is -2.49. The van der Waals surface area contributed by atoms with Gasteiger partial charge in [-0.2, -0.15) is 0 Å². The van der Waals surface area contributed by atoms with Crippen LogP contribution in [0.4, 0.5) is 5.95 Å². The van der Waals surface area contributed by atoms with Crippen molar-refractivity contribution in [3.63, 3.8) is 0 Å². The minimum atomic E-state index is 0.264. The zero-order valence-corrected chi connectivity index (χ0v) is 18.8. The first-order chi connectivity index (χ1) is 15.7. The molecule has 0 bridgehead atoms. The summed E-state index contributed by atoms with van der Waals surface area (Å²) >= 11 is 0. The molecule has 32 heavy (non-hydrogen) atoms. The fourth-order valence-corrected chi connectivity index (χ4v) is 4.87. The van der Waals surface area contributed by atoms with E-state index >= 15 is 0 Å². The Morgan fingerprint density at radius 3 is 2.56 bits per heavy atom. The van der Waals surface area contributed by atoms with E-state index in [1.165, 1.54) is 58.3 Å². The molecular formula is C24H32N8. The Labute approximate surface area is 188 Å². The molecule has 8 heteroatoms. The number of hydrogen-bond acceptors (Lipinski definition) is 6. The molecule has 2 N–H and O–H groups in total. The molecule has 1 aliphatic carbocycles. The third kappa shape index (κ3) is 4.47. The predicted molar refractivity (Wildman–Crippen MR) is 128 cm³/mol. The van der Waals surface area contributed by atoms with Gasteiger partial charge in [0.25, 0.3) is 0 Å².